The Morgan fingerprint density at radius 1 is 1.47 bits per heavy atom. The van der Waals surface area contributed by atoms with Gasteiger partial charge in [0.1, 0.15) is 5.69 Å². The maximum atomic E-state index is 12.0. The van der Waals surface area contributed by atoms with E-state index < -0.39 is 0 Å². The van der Waals surface area contributed by atoms with Crippen LogP contribution < -0.4 is 10.6 Å². The number of hydrogen-bond acceptors (Lipinski definition) is 5. The van der Waals surface area contributed by atoms with Gasteiger partial charge in [-0.25, -0.2) is 4.98 Å². The van der Waals surface area contributed by atoms with Crippen molar-refractivity contribution in [3.8, 4) is 0 Å². The highest BCUT2D eigenvalue weighted by molar-refractivity contribution is 5.91. The molecule has 104 valence electrons. The van der Waals surface area contributed by atoms with Crippen LogP contribution in [0.25, 0.3) is 0 Å². The van der Waals surface area contributed by atoms with Crippen LogP contribution in [0.4, 0.5) is 0 Å². The topological polar surface area (TPSA) is 76.1 Å². The molecule has 2 N–H and O–H groups in total. The lowest BCUT2D eigenvalue weighted by Crippen LogP contribution is -2.47. The molecule has 0 spiro atoms. The molecule has 19 heavy (non-hydrogen) atoms. The zero-order valence-corrected chi connectivity index (χ0v) is 11.2. The van der Waals surface area contributed by atoms with Crippen molar-refractivity contribution in [1.29, 1.82) is 0 Å². The Kier molecular flexibility index (Phi) is 4.81. The summed E-state index contributed by atoms with van der Waals surface area (Å²) in [5.74, 6) is -0.179. The Morgan fingerprint density at radius 2 is 2.26 bits per heavy atom. The minimum atomic E-state index is -0.179. The quantitative estimate of drug-likeness (QED) is 0.796. The third kappa shape index (κ3) is 3.71. The second kappa shape index (κ2) is 6.58. The second-order valence-corrected chi connectivity index (χ2v) is 4.96. The summed E-state index contributed by atoms with van der Waals surface area (Å²) >= 11 is 0. The molecule has 1 aliphatic heterocycles. The summed E-state index contributed by atoms with van der Waals surface area (Å²) in [6.07, 6.45) is 6.55. The molecule has 0 saturated carbocycles. The second-order valence-electron chi connectivity index (χ2n) is 4.96. The van der Waals surface area contributed by atoms with Crippen LogP contribution in [0.3, 0.4) is 0 Å². The Balaban J connectivity index is 1.93. The molecule has 0 unspecified atom stereocenters. The van der Waals surface area contributed by atoms with E-state index in [0.29, 0.717) is 18.8 Å². The zero-order valence-electron chi connectivity index (χ0n) is 11.2. The van der Waals surface area contributed by atoms with Gasteiger partial charge in [-0.1, -0.05) is 0 Å². The fourth-order valence-electron chi connectivity index (χ4n) is 2.41. The van der Waals surface area contributed by atoms with E-state index in [0.717, 1.165) is 25.9 Å². The Morgan fingerprint density at radius 3 is 2.89 bits per heavy atom. The summed E-state index contributed by atoms with van der Waals surface area (Å²) in [6.45, 7) is 3.20. The first-order valence-electron chi connectivity index (χ1n) is 6.50. The van der Waals surface area contributed by atoms with E-state index in [1.54, 1.807) is 13.3 Å². The van der Waals surface area contributed by atoms with Crippen molar-refractivity contribution < 1.29 is 9.53 Å². The van der Waals surface area contributed by atoms with Crippen LogP contribution in [0.15, 0.2) is 18.6 Å². The van der Waals surface area contributed by atoms with E-state index in [1.165, 1.54) is 12.4 Å². The molecule has 6 nitrogen and oxygen atoms in total. The summed E-state index contributed by atoms with van der Waals surface area (Å²) in [6, 6.07) is 0. The highest BCUT2D eigenvalue weighted by Crippen LogP contribution is 2.28. The molecular formula is C13H20N4O2. The molecule has 1 aromatic heterocycles. The maximum Gasteiger partial charge on any atom is 0.271 e. The summed E-state index contributed by atoms with van der Waals surface area (Å²) in [4.78, 5) is 19.9. The standard InChI is InChI=1S/C13H20N4O2/c1-19-10-13(2-4-14-5-3-13)9-17-12(18)11-8-15-6-7-16-11/h6-8,14H,2-5,9-10H2,1H3,(H,17,18). The fourth-order valence-corrected chi connectivity index (χ4v) is 2.41. The van der Waals surface area contributed by atoms with Crippen molar-refractivity contribution in [3.05, 3.63) is 24.3 Å². The number of piperidine rings is 1. The Bertz CT molecular complexity index is 399. The maximum absolute atomic E-state index is 12.0. The van der Waals surface area contributed by atoms with Crippen molar-refractivity contribution in [1.82, 2.24) is 20.6 Å². The lowest BCUT2D eigenvalue weighted by molar-refractivity contribution is 0.0510. The van der Waals surface area contributed by atoms with Crippen LogP contribution in [-0.4, -0.2) is 49.2 Å². The van der Waals surface area contributed by atoms with Gasteiger partial charge in [0, 0.05) is 31.5 Å². The third-order valence-electron chi connectivity index (χ3n) is 3.53. The van der Waals surface area contributed by atoms with E-state index >= 15 is 0 Å². The number of nitrogens with zero attached hydrogens (tertiary/aromatic N) is 2. The number of hydrogen-bond donors (Lipinski definition) is 2. The molecule has 6 heteroatoms. The minimum absolute atomic E-state index is 0.0257. The lowest BCUT2D eigenvalue weighted by atomic mass is 9.79. The van der Waals surface area contributed by atoms with E-state index in [1.807, 2.05) is 0 Å². The first-order valence-corrected chi connectivity index (χ1v) is 6.50. The molecule has 1 fully saturated rings. The van der Waals surface area contributed by atoms with Crippen LogP contribution in [0.2, 0.25) is 0 Å². The number of nitrogens with one attached hydrogen (secondary N) is 2. The van der Waals surface area contributed by atoms with Gasteiger partial charge in [-0.3, -0.25) is 9.78 Å². The van der Waals surface area contributed by atoms with Crippen LogP contribution in [0.5, 0.6) is 0 Å². The molecule has 0 bridgehead atoms. The Labute approximate surface area is 113 Å². The summed E-state index contributed by atoms with van der Waals surface area (Å²) in [5.41, 5.74) is 0.377. The van der Waals surface area contributed by atoms with Crippen LogP contribution >= 0.6 is 0 Å². The fraction of sp³-hybridized carbons (Fsp3) is 0.615. The third-order valence-corrected chi connectivity index (χ3v) is 3.53. The molecule has 0 aromatic carbocycles. The largest absolute Gasteiger partial charge is 0.384 e. The summed E-state index contributed by atoms with van der Waals surface area (Å²) in [5, 5.41) is 6.27. The monoisotopic (exact) mass is 264 g/mol. The molecule has 0 radical (unpaired) electrons. The van der Waals surface area contributed by atoms with Gasteiger partial charge in [0.25, 0.3) is 5.91 Å². The molecular weight excluding hydrogens is 244 g/mol. The molecule has 1 saturated heterocycles. The molecule has 2 rings (SSSR count). The van der Waals surface area contributed by atoms with Crippen molar-refractivity contribution in [2.24, 2.45) is 5.41 Å². The van der Waals surface area contributed by atoms with Crippen LogP contribution in [0, 0.1) is 5.41 Å². The number of ether oxygens (including phenoxy) is 1. The summed E-state index contributed by atoms with van der Waals surface area (Å²) < 4.78 is 5.32. The van der Waals surface area contributed by atoms with Crippen molar-refractivity contribution >= 4 is 5.91 Å². The van der Waals surface area contributed by atoms with Crippen molar-refractivity contribution in [3.63, 3.8) is 0 Å². The van der Waals surface area contributed by atoms with E-state index in [9.17, 15) is 4.79 Å². The number of methoxy groups -OCH3 is 1. The van der Waals surface area contributed by atoms with Gasteiger partial charge in [0.15, 0.2) is 0 Å². The van der Waals surface area contributed by atoms with Gasteiger partial charge >= 0.3 is 0 Å². The predicted octanol–water partition coefficient (Wildman–Crippen LogP) is 0.223. The molecule has 2 heterocycles. The van der Waals surface area contributed by atoms with Gasteiger partial charge in [-0.05, 0) is 25.9 Å². The number of aromatic nitrogens is 2. The first-order chi connectivity index (χ1) is 9.26. The zero-order chi connectivity index (χ0) is 13.6. The lowest BCUT2D eigenvalue weighted by Gasteiger charge is -2.37. The average Bonchev–Trinajstić information content (AvgIpc) is 2.47. The number of carbonyl (C=O) groups excluding carboxylic acids is 1. The average molecular weight is 264 g/mol. The van der Waals surface area contributed by atoms with Crippen LogP contribution in [0.1, 0.15) is 23.3 Å². The number of carbonyl (C=O) groups is 1. The van der Waals surface area contributed by atoms with Crippen molar-refractivity contribution in [2.75, 3.05) is 33.4 Å². The van der Waals surface area contributed by atoms with Gasteiger partial charge in [0.2, 0.25) is 0 Å². The van der Waals surface area contributed by atoms with Crippen molar-refractivity contribution in [2.45, 2.75) is 12.8 Å². The first kappa shape index (κ1) is 13.9. The van der Waals surface area contributed by atoms with Gasteiger partial charge in [0.05, 0.1) is 12.8 Å². The minimum Gasteiger partial charge on any atom is -0.384 e. The highest BCUT2D eigenvalue weighted by Gasteiger charge is 2.32. The molecule has 1 aromatic rings. The van der Waals surface area contributed by atoms with Crippen LogP contribution in [-0.2, 0) is 4.74 Å². The van der Waals surface area contributed by atoms with Gasteiger partial charge in [-0.2, -0.15) is 0 Å². The number of amides is 1. The van der Waals surface area contributed by atoms with E-state index in [4.69, 9.17) is 4.74 Å². The van der Waals surface area contributed by atoms with E-state index in [-0.39, 0.29) is 11.3 Å². The molecule has 1 aliphatic rings. The summed E-state index contributed by atoms with van der Waals surface area (Å²) in [7, 11) is 1.70. The van der Waals surface area contributed by atoms with E-state index in [2.05, 4.69) is 20.6 Å². The molecule has 0 atom stereocenters. The Hall–Kier alpha value is -1.53. The predicted molar refractivity (Wildman–Crippen MR) is 70.8 cm³/mol. The smallest absolute Gasteiger partial charge is 0.271 e. The SMILES string of the molecule is COCC1(CNC(=O)c2cnccn2)CCNCC1. The van der Waals surface area contributed by atoms with Gasteiger partial charge in [-0.15, -0.1) is 0 Å². The molecule has 0 aliphatic carbocycles. The number of rotatable bonds is 5. The normalized spacial score (nSPS) is 17.9. The highest BCUT2D eigenvalue weighted by atomic mass is 16.5. The molecule has 1 amide bonds. The van der Waals surface area contributed by atoms with Gasteiger partial charge < -0.3 is 15.4 Å².